The molecule has 0 radical (unpaired) electrons. The van der Waals surface area contributed by atoms with E-state index in [2.05, 4.69) is 23.6 Å². The van der Waals surface area contributed by atoms with Crippen LogP contribution in [0.2, 0.25) is 0 Å². The third-order valence-electron chi connectivity index (χ3n) is 4.91. The molecule has 0 bridgehead atoms. The monoisotopic (exact) mass is 276 g/mol. The van der Waals surface area contributed by atoms with Gasteiger partial charge in [-0.1, -0.05) is 19.9 Å². The maximum absolute atomic E-state index is 14.3. The maximum atomic E-state index is 14.3. The topological polar surface area (TPSA) is 6.48 Å². The van der Waals surface area contributed by atoms with Crippen LogP contribution in [0.4, 0.5) is 10.1 Å². The second kappa shape index (κ2) is 5.36. The molecule has 2 aliphatic heterocycles. The molecule has 0 N–H and O–H groups in total. The Bertz CT molecular complexity index is 486. The van der Waals surface area contributed by atoms with Gasteiger partial charge in [-0.15, -0.1) is 0 Å². The van der Waals surface area contributed by atoms with Gasteiger partial charge in [-0.05, 0) is 49.9 Å². The number of halogens is 1. The molecule has 0 aliphatic carbocycles. The maximum Gasteiger partial charge on any atom is 0.146 e. The summed E-state index contributed by atoms with van der Waals surface area (Å²) in [7, 11) is 0. The zero-order chi connectivity index (χ0) is 14.3. The van der Waals surface area contributed by atoms with Crippen molar-refractivity contribution in [1.29, 1.82) is 0 Å². The number of rotatable bonds is 2. The van der Waals surface area contributed by atoms with Crippen LogP contribution in [0.1, 0.15) is 32.3 Å². The van der Waals surface area contributed by atoms with Gasteiger partial charge in [0.1, 0.15) is 5.82 Å². The van der Waals surface area contributed by atoms with Crippen LogP contribution in [-0.2, 0) is 0 Å². The fraction of sp³-hybridized carbons (Fsp3) is 0.647. The largest absolute Gasteiger partial charge is 0.363 e. The molecule has 110 valence electrons. The highest BCUT2D eigenvalue weighted by molar-refractivity contribution is 5.52. The van der Waals surface area contributed by atoms with Crippen LogP contribution in [0.5, 0.6) is 0 Å². The number of benzene rings is 1. The molecule has 2 saturated heterocycles. The quantitative estimate of drug-likeness (QED) is 0.816. The normalized spacial score (nSPS) is 27.1. The Kier molecular flexibility index (Phi) is 3.72. The van der Waals surface area contributed by atoms with Crippen molar-refractivity contribution in [2.75, 3.05) is 24.5 Å². The van der Waals surface area contributed by atoms with Crippen LogP contribution >= 0.6 is 0 Å². The molecule has 2 atom stereocenters. The molecule has 2 aliphatic rings. The van der Waals surface area contributed by atoms with Crippen molar-refractivity contribution >= 4 is 5.69 Å². The molecule has 0 amide bonds. The van der Waals surface area contributed by atoms with E-state index in [-0.39, 0.29) is 5.82 Å². The number of aryl methyl sites for hydroxylation is 1. The summed E-state index contributed by atoms with van der Waals surface area (Å²) in [5.74, 6) is 0.462. The fourth-order valence-electron chi connectivity index (χ4n) is 3.73. The van der Waals surface area contributed by atoms with E-state index in [0.29, 0.717) is 18.0 Å². The van der Waals surface area contributed by atoms with Crippen molar-refractivity contribution in [1.82, 2.24) is 4.90 Å². The molecule has 2 nitrogen and oxygen atoms in total. The highest BCUT2D eigenvalue weighted by atomic mass is 19.1. The second-order valence-corrected chi connectivity index (χ2v) is 6.71. The molecule has 0 spiro atoms. The van der Waals surface area contributed by atoms with Crippen molar-refractivity contribution in [3.05, 3.63) is 29.6 Å². The van der Waals surface area contributed by atoms with E-state index in [1.54, 1.807) is 6.07 Å². The van der Waals surface area contributed by atoms with E-state index < -0.39 is 0 Å². The van der Waals surface area contributed by atoms with Gasteiger partial charge in [-0.2, -0.15) is 0 Å². The Hall–Kier alpha value is -1.09. The zero-order valence-corrected chi connectivity index (χ0v) is 12.8. The highest BCUT2D eigenvalue weighted by Crippen LogP contribution is 2.33. The summed E-state index contributed by atoms with van der Waals surface area (Å²) in [5, 5.41) is 0. The Morgan fingerprint density at radius 1 is 1.25 bits per heavy atom. The van der Waals surface area contributed by atoms with Crippen molar-refractivity contribution in [3.63, 3.8) is 0 Å². The molecule has 1 aromatic rings. The van der Waals surface area contributed by atoms with Crippen LogP contribution in [-0.4, -0.2) is 36.6 Å². The average Bonchev–Trinajstić information content (AvgIpc) is 2.87. The van der Waals surface area contributed by atoms with Gasteiger partial charge in [0.05, 0.1) is 5.69 Å². The third-order valence-corrected chi connectivity index (χ3v) is 4.91. The molecule has 0 aromatic heterocycles. The van der Waals surface area contributed by atoms with E-state index in [9.17, 15) is 4.39 Å². The number of hydrogen-bond donors (Lipinski definition) is 0. The summed E-state index contributed by atoms with van der Waals surface area (Å²) in [6.07, 6.45) is 2.55. The predicted octanol–water partition coefficient (Wildman–Crippen LogP) is 3.44. The lowest BCUT2D eigenvalue weighted by atomic mass is 9.96. The standard InChI is InChI=1S/C17H25FN2/c1-12(2)17-11-19-8-4-5-14(19)10-20(17)16-9-13(3)6-7-15(16)18/h6-7,9,12,14,17H,4-5,8,10-11H2,1-3H3. The molecule has 1 aromatic carbocycles. The first-order chi connectivity index (χ1) is 9.56. The smallest absolute Gasteiger partial charge is 0.146 e. The number of piperazine rings is 1. The molecule has 2 heterocycles. The minimum absolute atomic E-state index is 0.0762. The summed E-state index contributed by atoms with van der Waals surface area (Å²) in [6.45, 7) is 9.82. The Morgan fingerprint density at radius 3 is 2.80 bits per heavy atom. The summed E-state index contributed by atoms with van der Waals surface area (Å²) in [4.78, 5) is 4.94. The molecule has 3 heteroatoms. The van der Waals surface area contributed by atoms with E-state index in [1.807, 2.05) is 19.1 Å². The van der Waals surface area contributed by atoms with Gasteiger partial charge in [-0.25, -0.2) is 4.39 Å². The lowest BCUT2D eigenvalue weighted by Gasteiger charge is -2.47. The molecular weight excluding hydrogens is 251 g/mol. The van der Waals surface area contributed by atoms with Gasteiger partial charge < -0.3 is 4.90 Å². The van der Waals surface area contributed by atoms with Crippen LogP contribution in [0.25, 0.3) is 0 Å². The summed E-state index contributed by atoms with van der Waals surface area (Å²) in [6, 6.07) is 6.51. The average molecular weight is 276 g/mol. The Morgan fingerprint density at radius 2 is 2.05 bits per heavy atom. The van der Waals surface area contributed by atoms with Gasteiger partial charge in [0.2, 0.25) is 0 Å². The minimum atomic E-state index is -0.0762. The van der Waals surface area contributed by atoms with Gasteiger partial charge in [0.15, 0.2) is 0 Å². The van der Waals surface area contributed by atoms with Crippen molar-refractivity contribution in [2.45, 2.75) is 45.7 Å². The molecule has 3 rings (SSSR count). The van der Waals surface area contributed by atoms with Gasteiger partial charge in [-0.3, -0.25) is 4.90 Å². The number of nitrogens with zero attached hydrogens (tertiary/aromatic N) is 2. The fourth-order valence-corrected chi connectivity index (χ4v) is 3.73. The van der Waals surface area contributed by atoms with Crippen LogP contribution < -0.4 is 4.90 Å². The van der Waals surface area contributed by atoms with Gasteiger partial charge >= 0.3 is 0 Å². The van der Waals surface area contributed by atoms with Gasteiger partial charge in [0.25, 0.3) is 0 Å². The Labute approximate surface area is 121 Å². The summed E-state index contributed by atoms with van der Waals surface area (Å²) >= 11 is 0. The highest BCUT2D eigenvalue weighted by Gasteiger charge is 2.38. The van der Waals surface area contributed by atoms with E-state index in [4.69, 9.17) is 0 Å². The van der Waals surface area contributed by atoms with Gasteiger partial charge in [0, 0.05) is 25.2 Å². The SMILES string of the molecule is Cc1ccc(F)c(N2CC3CCCN3CC2C(C)C)c1. The van der Waals surface area contributed by atoms with E-state index in [1.165, 1.54) is 19.4 Å². The molecule has 20 heavy (non-hydrogen) atoms. The summed E-state index contributed by atoms with van der Waals surface area (Å²) < 4.78 is 14.3. The first kappa shape index (κ1) is 13.9. The number of hydrogen-bond acceptors (Lipinski definition) is 2. The van der Waals surface area contributed by atoms with Crippen LogP contribution in [0.3, 0.4) is 0 Å². The number of fused-ring (bicyclic) bond motifs is 1. The molecule has 0 saturated carbocycles. The molecule has 2 unspecified atom stereocenters. The van der Waals surface area contributed by atoms with E-state index >= 15 is 0 Å². The first-order valence-corrected chi connectivity index (χ1v) is 7.83. The lowest BCUT2D eigenvalue weighted by Crippen LogP contribution is -2.58. The molecule has 2 fully saturated rings. The third kappa shape index (κ3) is 2.44. The molecular formula is C17H25FN2. The van der Waals surface area contributed by atoms with Crippen LogP contribution in [0.15, 0.2) is 18.2 Å². The number of anilines is 1. The predicted molar refractivity (Wildman–Crippen MR) is 81.7 cm³/mol. The lowest BCUT2D eigenvalue weighted by molar-refractivity contribution is 0.176. The summed E-state index contributed by atoms with van der Waals surface area (Å²) in [5.41, 5.74) is 1.94. The van der Waals surface area contributed by atoms with Crippen molar-refractivity contribution < 1.29 is 4.39 Å². The van der Waals surface area contributed by atoms with E-state index in [0.717, 1.165) is 24.3 Å². The van der Waals surface area contributed by atoms with Crippen molar-refractivity contribution in [3.8, 4) is 0 Å². The first-order valence-electron chi connectivity index (χ1n) is 7.83. The zero-order valence-electron chi connectivity index (χ0n) is 12.8. The Balaban J connectivity index is 1.93. The van der Waals surface area contributed by atoms with Crippen LogP contribution in [0, 0.1) is 18.7 Å². The second-order valence-electron chi connectivity index (χ2n) is 6.71. The van der Waals surface area contributed by atoms with Crippen molar-refractivity contribution in [2.24, 2.45) is 5.92 Å². The minimum Gasteiger partial charge on any atom is -0.363 e.